The van der Waals surface area contributed by atoms with Crippen molar-refractivity contribution in [2.45, 2.75) is 286 Å². The number of rotatable bonds is 27. The van der Waals surface area contributed by atoms with Crippen molar-refractivity contribution in [1.82, 2.24) is 21.3 Å². The Bertz CT molecular complexity index is 2780. The number of carbonyl (C=O) groups excluding carboxylic acids is 4. The molecule has 17 unspecified atom stereocenters. The highest BCUT2D eigenvalue weighted by Crippen LogP contribution is 2.47. The van der Waals surface area contributed by atoms with Gasteiger partial charge in [-0.05, 0) is 13.3 Å². The molecule has 0 bridgehead atoms. The lowest BCUT2D eigenvalue weighted by Crippen LogP contribution is -2.72. The normalized spacial score (nSPS) is 48.2. The number of aliphatic hydroxyl groups is 21. The molecule has 0 aromatic carbocycles. The van der Waals surface area contributed by atoms with E-state index in [4.69, 9.17) is 71.1 Å². The minimum absolute atomic E-state index is 0.394. The molecule has 9 aliphatic rings. The topological polar surface area (TPSA) is 680 Å². The van der Waals surface area contributed by atoms with Crippen molar-refractivity contribution in [3.05, 3.63) is 0 Å². The first-order chi connectivity index (χ1) is 49.1. The summed E-state index contributed by atoms with van der Waals surface area (Å²) in [5.41, 5.74) is 0. The summed E-state index contributed by atoms with van der Waals surface area (Å²) in [4.78, 5) is 50.2. The highest BCUT2D eigenvalue weighted by molar-refractivity contribution is 5.74. The minimum atomic E-state index is -2.43. The fraction of sp³-hybridized carbons (Fsp3) is 0.933. The van der Waals surface area contributed by atoms with Gasteiger partial charge in [-0.1, -0.05) is 0 Å². The molecule has 8 saturated heterocycles. The zero-order valence-electron chi connectivity index (χ0n) is 56.8. The first-order valence-corrected chi connectivity index (χ1v) is 33.9. The maximum absolute atomic E-state index is 12.9. The van der Waals surface area contributed by atoms with Crippen LogP contribution in [0.25, 0.3) is 0 Å². The van der Waals surface area contributed by atoms with Gasteiger partial charge in [0.2, 0.25) is 23.6 Å². The van der Waals surface area contributed by atoms with E-state index < -0.39 is 340 Å². The molecule has 8 heterocycles. The van der Waals surface area contributed by atoms with Crippen LogP contribution in [0, 0.1) is 11.8 Å². The maximum Gasteiger partial charge on any atom is 0.217 e. The van der Waals surface area contributed by atoms with Crippen LogP contribution >= 0.6 is 0 Å². The van der Waals surface area contributed by atoms with Gasteiger partial charge < -0.3 is 200 Å². The number of aliphatic hydroxyl groups excluding tert-OH is 19. The second kappa shape index (κ2) is 36.1. The second-order valence-corrected chi connectivity index (χ2v) is 27.3. The molecule has 25 N–H and O–H groups in total. The number of hydrogen-bond acceptors (Lipinski definition) is 40. The summed E-state index contributed by atoms with van der Waals surface area (Å²) in [6, 6.07) is -6.26. The van der Waals surface area contributed by atoms with E-state index in [1.165, 1.54) is 6.92 Å². The molecule has 44 heteroatoms. The first kappa shape index (κ1) is 84.5. The number of nitrogens with one attached hydrogen (secondary N) is 4. The van der Waals surface area contributed by atoms with Crippen LogP contribution in [0.2, 0.25) is 0 Å². The zero-order chi connectivity index (χ0) is 76.4. The average Bonchev–Trinajstić information content (AvgIpc) is 0.733. The Morgan fingerprint density at radius 3 is 1.25 bits per heavy atom. The van der Waals surface area contributed by atoms with Gasteiger partial charge in [-0.15, -0.1) is 0 Å². The van der Waals surface area contributed by atoms with Crippen LogP contribution in [0.4, 0.5) is 0 Å². The van der Waals surface area contributed by atoms with Gasteiger partial charge in [0.05, 0.1) is 89.2 Å². The Labute approximate surface area is 591 Å². The summed E-state index contributed by atoms with van der Waals surface area (Å²) in [7, 11) is 0. The molecular formula is C60H100N4O40. The number of hydrogen-bond donors (Lipinski definition) is 25. The van der Waals surface area contributed by atoms with Crippen LogP contribution in [0.1, 0.15) is 47.5 Å². The first-order valence-electron chi connectivity index (χ1n) is 33.9. The van der Waals surface area contributed by atoms with Gasteiger partial charge in [0.25, 0.3) is 0 Å². The van der Waals surface area contributed by atoms with Crippen LogP contribution in [-0.2, 0) is 90.2 Å². The summed E-state index contributed by atoms with van der Waals surface area (Å²) < 4.78 is 90.0. The van der Waals surface area contributed by atoms with Crippen molar-refractivity contribution >= 4 is 23.6 Å². The van der Waals surface area contributed by atoms with E-state index in [2.05, 4.69) is 21.3 Å². The summed E-state index contributed by atoms with van der Waals surface area (Å²) in [5.74, 6) is -8.25. The number of amides is 4. The van der Waals surface area contributed by atoms with Gasteiger partial charge in [-0.3, -0.25) is 19.2 Å². The van der Waals surface area contributed by atoms with Gasteiger partial charge >= 0.3 is 0 Å². The van der Waals surface area contributed by atoms with Crippen LogP contribution in [0.3, 0.4) is 0 Å². The quantitative estimate of drug-likeness (QED) is 0.0340. The van der Waals surface area contributed by atoms with Crippen molar-refractivity contribution in [2.24, 2.45) is 11.8 Å². The number of carbonyl (C=O) groups is 4. The van der Waals surface area contributed by atoms with Crippen molar-refractivity contribution in [1.29, 1.82) is 0 Å². The van der Waals surface area contributed by atoms with Crippen molar-refractivity contribution in [3.63, 3.8) is 0 Å². The van der Waals surface area contributed by atoms with E-state index in [1.807, 2.05) is 0 Å². The fourth-order valence-corrected chi connectivity index (χ4v) is 14.6. The summed E-state index contributed by atoms with van der Waals surface area (Å²) in [6.45, 7) is -1.72. The molecule has 0 radical (unpaired) electrons. The molecule has 9 fully saturated rings. The van der Waals surface area contributed by atoms with Gasteiger partial charge in [0.1, 0.15) is 159 Å². The Hall–Kier alpha value is -3.56. The molecule has 0 aromatic heterocycles. The van der Waals surface area contributed by atoms with E-state index >= 15 is 0 Å². The molecule has 40 atom stereocenters. The van der Waals surface area contributed by atoms with Crippen LogP contribution in [-0.4, -0.2) is 423 Å². The molecule has 1 aliphatic carbocycles. The summed E-state index contributed by atoms with van der Waals surface area (Å²) in [5, 5.41) is 243. The predicted molar refractivity (Wildman–Crippen MR) is 326 cm³/mol. The van der Waals surface area contributed by atoms with Gasteiger partial charge in [-0.25, -0.2) is 0 Å². The second-order valence-electron chi connectivity index (χ2n) is 27.3. The van der Waals surface area contributed by atoms with Crippen LogP contribution < -0.4 is 21.3 Å². The highest BCUT2D eigenvalue weighted by Gasteiger charge is 2.64. The van der Waals surface area contributed by atoms with Crippen molar-refractivity contribution < 1.29 is 197 Å². The van der Waals surface area contributed by atoms with Gasteiger partial charge in [0, 0.05) is 40.0 Å². The lowest BCUT2D eigenvalue weighted by molar-refractivity contribution is -0.407. The molecule has 8 aliphatic heterocycles. The van der Waals surface area contributed by atoms with E-state index in [0.29, 0.717) is 0 Å². The third-order valence-electron chi connectivity index (χ3n) is 20.0. The maximum atomic E-state index is 12.9. The molecule has 4 amide bonds. The SMILES string of the molecule is CC(=O)NC1C(O)[C@H](O[C@@H]2OC3CC(O)(O)[C@@H]3[C@H](O)C2O)[C@H](CO)O[C@H]1OCCC1[C@@H](OCC2O[C@@H](O[C@@H]3C(CO)O[C@@H](O[C@@H]4C(CO)O[C@@H](C)C(NC(C)=O)[C@H]4O)C(NC(C)=O)[C@H]3O)C(O)[C@@H](O[C@H]3OC(CO)[C@@H](O)C(O)C3O[C@@H]3OC(CO)[C@@H](O)[C@H](O)C3NC(C)=O)[C@@H]2O)OC(CO)[C@@H](O)[C@@H]1O. The molecule has 9 rings (SSSR count). The Kier molecular flexibility index (Phi) is 29.3. The van der Waals surface area contributed by atoms with Crippen LogP contribution in [0.15, 0.2) is 0 Å². The molecule has 0 aromatic rings. The van der Waals surface area contributed by atoms with Crippen molar-refractivity contribution in [2.75, 3.05) is 52.9 Å². The van der Waals surface area contributed by atoms with E-state index in [-0.39, 0.29) is 0 Å². The molecular weight excluding hydrogens is 1420 g/mol. The lowest BCUT2D eigenvalue weighted by Gasteiger charge is -2.56. The van der Waals surface area contributed by atoms with Crippen LogP contribution in [0.5, 0.6) is 0 Å². The number of ether oxygens (including phenoxy) is 15. The molecule has 600 valence electrons. The third-order valence-corrected chi connectivity index (χ3v) is 20.0. The molecule has 0 spiro atoms. The smallest absolute Gasteiger partial charge is 0.217 e. The Morgan fingerprint density at radius 1 is 0.356 bits per heavy atom. The standard InChI is InChI=1S/C60H100N4O40/c1-16-31(61-17(2)71)42(82)48(26(12-68)92-16)100-56-34(64-20(5)74)44(84)50(28(14-70)98-56)102-58-47(87)51(103-59-52(45(85)38(78)25(11-67)96-59)104-55-32(62-18(3)72)41(81)37(77)24(10-66)95-55)39(79)29(99-58)15-91-53-21(35(75)36(76)23(9-65)94-53)6-7-90-54-33(63-19(4)73)43(83)49(27(13-69)97-54)101-57-46(86)40(80)30-22(93-57)8-60(30,88)89/h16,21-59,65-70,75-89H,6-15H2,1-5H3,(H,61,71)(H,62,72)(H,63,73)(H,64,74)/t16-,21?,22?,23?,24?,25?,26?,27-,28?,29?,30-,31?,32?,33?,34?,35+,36+,37+,38+,39+,40-,41+,42+,43?,44+,45?,46?,47?,48+,49+,50+,51-,52?,53-,54+,55-,56-,57-,58-,59+/m0/s1. The fourth-order valence-electron chi connectivity index (χ4n) is 14.6. The predicted octanol–water partition coefficient (Wildman–Crippen LogP) is -15.8. The lowest BCUT2D eigenvalue weighted by atomic mass is 9.69. The third kappa shape index (κ3) is 18.2. The monoisotopic (exact) mass is 1520 g/mol. The average molecular weight is 1520 g/mol. The van der Waals surface area contributed by atoms with E-state index in [1.54, 1.807) is 0 Å². The van der Waals surface area contributed by atoms with Gasteiger partial charge in [0.15, 0.2) is 49.8 Å². The zero-order valence-corrected chi connectivity index (χ0v) is 56.8. The van der Waals surface area contributed by atoms with Crippen molar-refractivity contribution in [3.8, 4) is 0 Å². The van der Waals surface area contributed by atoms with E-state index in [0.717, 1.165) is 27.7 Å². The van der Waals surface area contributed by atoms with Gasteiger partial charge in [-0.2, -0.15) is 0 Å². The summed E-state index contributed by atoms with van der Waals surface area (Å²) in [6.07, 6.45) is -64.1. The summed E-state index contributed by atoms with van der Waals surface area (Å²) >= 11 is 0. The number of fused-ring (bicyclic) bond motifs is 1. The Morgan fingerprint density at radius 2 is 0.740 bits per heavy atom. The molecule has 1 saturated carbocycles. The highest BCUT2D eigenvalue weighted by atomic mass is 16.8. The largest absolute Gasteiger partial charge is 0.394 e. The Balaban J connectivity index is 0.994. The van der Waals surface area contributed by atoms with E-state index in [9.17, 15) is 126 Å². The molecule has 44 nitrogen and oxygen atoms in total. The molecule has 104 heavy (non-hydrogen) atoms. The minimum Gasteiger partial charge on any atom is -0.394 e.